The van der Waals surface area contributed by atoms with Crippen molar-refractivity contribution in [3.8, 4) is 0 Å². The summed E-state index contributed by atoms with van der Waals surface area (Å²) in [5, 5.41) is 22.4. The highest BCUT2D eigenvalue weighted by Gasteiger charge is 2.09. The highest BCUT2D eigenvalue weighted by atomic mass is 35.5. The Morgan fingerprint density at radius 1 is 1.15 bits per heavy atom. The van der Waals surface area contributed by atoms with E-state index in [4.69, 9.17) is 38.4 Å². The molecule has 0 heterocycles. The molecule has 0 saturated carbocycles. The first-order chi connectivity index (χ1) is 12.8. The maximum absolute atomic E-state index is 8.25. The summed E-state index contributed by atoms with van der Waals surface area (Å²) in [5.74, 6) is 0.0647. The molecule has 0 radical (unpaired) electrons. The van der Waals surface area contributed by atoms with Crippen LogP contribution in [0.1, 0.15) is 24.5 Å². The number of halogens is 1. The van der Waals surface area contributed by atoms with Crippen molar-refractivity contribution in [3.05, 3.63) is 86.1 Å². The average molecular weight is 390 g/mol. The molecule has 0 fully saturated rings. The fourth-order valence-corrected chi connectivity index (χ4v) is 2.26. The Hall–Kier alpha value is -3.39. The molecular formula is C18H20ClN5O3. The molecule has 0 aliphatic heterocycles. The molecule has 2 aromatic carbocycles. The van der Waals surface area contributed by atoms with Crippen LogP contribution in [0.25, 0.3) is 11.6 Å². The van der Waals surface area contributed by atoms with Crippen molar-refractivity contribution in [2.75, 3.05) is 0 Å². The second-order valence-electron chi connectivity index (χ2n) is 5.18. The summed E-state index contributed by atoms with van der Waals surface area (Å²) < 4.78 is 0. The maximum Gasteiger partial charge on any atom is 0.362 e. The van der Waals surface area contributed by atoms with Crippen LogP contribution in [0, 0.1) is 15.3 Å². The number of hydrazone groups is 1. The number of nitrogens with one attached hydrogen (secondary N) is 1. The largest absolute Gasteiger partial charge is 0.362 e. The average Bonchev–Trinajstić information content (AvgIpc) is 2.63. The van der Waals surface area contributed by atoms with Gasteiger partial charge in [0.2, 0.25) is 0 Å². The normalized spacial score (nSPS) is 11.2. The first-order valence-corrected chi connectivity index (χ1v) is 8.26. The van der Waals surface area contributed by atoms with Crippen molar-refractivity contribution in [1.82, 2.24) is 0 Å². The van der Waals surface area contributed by atoms with Crippen LogP contribution < -0.4 is 16.6 Å². The van der Waals surface area contributed by atoms with Gasteiger partial charge in [-0.1, -0.05) is 61.0 Å². The summed E-state index contributed by atoms with van der Waals surface area (Å²) in [7, 11) is 0. The van der Waals surface area contributed by atoms with E-state index in [2.05, 4.69) is 16.3 Å². The minimum Gasteiger partial charge on any atom is -0.356 e. The Bertz CT molecular complexity index is 826. The number of guanidine groups is 1. The van der Waals surface area contributed by atoms with Gasteiger partial charge >= 0.3 is 5.96 Å². The SMILES string of the molecule is CCC(=N\[NH+]=C(N)N)/C(=C\c1ccc(Cl)cc1)c1ccccc1.O=[N+]([O-])[O-]. The molecule has 0 spiro atoms. The number of hydrogen-bond acceptors (Lipinski definition) is 4. The van der Waals surface area contributed by atoms with Crippen LogP contribution in [0.4, 0.5) is 0 Å². The van der Waals surface area contributed by atoms with Crippen LogP contribution in [-0.4, -0.2) is 16.8 Å². The molecular weight excluding hydrogens is 370 g/mol. The molecule has 0 aliphatic rings. The van der Waals surface area contributed by atoms with Crippen molar-refractivity contribution >= 4 is 34.9 Å². The van der Waals surface area contributed by atoms with Gasteiger partial charge in [-0.15, -0.1) is 5.10 Å². The van der Waals surface area contributed by atoms with Gasteiger partial charge in [0.15, 0.2) is 0 Å². The Balaban J connectivity index is 0.000000828. The molecule has 27 heavy (non-hydrogen) atoms. The van der Waals surface area contributed by atoms with Gasteiger partial charge in [-0.05, 0) is 35.8 Å². The van der Waals surface area contributed by atoms with Crippen molar-refractivity contribution in [3.63, 3.8) is 0 Å². The van der Waals surface area contributed by atoms with E-state index in [1.807, 2.05) is 61.5 Å². The van der Waals surface area contributed by atoms with Crippen LogP contribution in [0.3, 0.4) is 0 Å². The molecule has 9 heteroatoms. The Kier molecular flexibility index (Phi) is 9.04. The molecule has 5 N–H and O–H groups in total. The third-order valence-electron chi connectivity index (χ3n) is 3.23. The highest BCUT2D eigenvalue weighted by molar-refractivity contribution is 6.30. The molecule has 0 amide bonds. The van der Waals surface area contributed by atoms with Crippen LogP contribution >= 0.6 is 11.6 Å². The van der Waals surface area contributed by atoms with E-state index in [1.165, 1.54) is 0 Å². The number of hydrogen-bond donors (Lipinski definition) is 3. The van der Waals surface area contributed by atoms with Crippen LogP contribution in [0.15, 0.2) is 59.7 Å². The number of allylic oxidation sites excluding steroid dienone is 1. The maximum atomic E-state index is 8.25. The van der Waals surface area contributed by atoms with Gasteiger partial charge in [0.05, 0.1) is 10.8 Å². The standard InChI is InChI=1S/C18H19ClN4.NO3/c1-2-17(22-23-18(20)21)16(14-6-4-3-5-7-14)12-13-8-10-15(19)11-9-13;2-1(3)4/h3-12H,2H2,1H3,(H4,20,21,23);/q;-1/p+1/b16-12-,22-17+;. The molecule has 142 valence electrons. The Labute approximate surface area is 161 Å². The van der Waals surface area contributed by atoms with Crippen LogP contribution in [0.2, 0.25) is 5.02 Å². The minimum absolute atomic E-state index is 0.0647. The molecule has 0 bridgehead atoms. The third-order valence-corrected chi connectivity index (χ3v) is 3.48. The molecule has 0 saturated heterocycles. The van der Waals surface area contributed by atoms with Crippen molar-refractivity contribution in [2.45, 2.75) is 13.3 Å². The quantitative estimate of drug-likeness (QED) is 0.234. The van der Waals surface area contributed by atoms with Gasteiger partial charge < -0.3 is 15.3 Å². The van der Waals surface area contributed by atoms with E-state index < -0.39 is 5.09 Å². The molecule has 2 rings (SSSR count). The fourth-order valence-electron chi connectivity index (χ4n) is 2.14. The van der Waals surface area contributed by atoms with Gasteiger partial charge in [0, 0.05) is 10.6 Å². The second kappa shape index (κ2) is 11.3. The van der Waals surface area contributed by atoms with Crippen molar-refractivity contribution in [1.29, 1.82) is 0 Å². The number of benzene rings is 2. The number of nitrogens with zero attached hydrogens (tertiary/aromatic N) is 2. The van der Waals surface area contributed by atoms with Gasteiger partial charge in [-0.3, -0.25) is 11.5 Å². The van der Waals surface area contributed by atoms with E-state index in [1.54, 1.807) is 0 Å². The molecule has 0 aromatic heterocycles. The monoisotopic (exact) mass is 389 g/mol. The lowest BCUT2D eigenvalue weighted by Crippen LogP contribution is -2.73. The first kappa shape index (κ1) is 21.7. The topological polar surface area (TPSA) is 145 Å². The minimum atomic E-state index is -1.75. The van der Waals surface area contributed by atoms with Gasteiger partial charge in [-0.25, -0.2) is 0 Å². The Morgan fingerprint density at radius 2 is 1.70 bits per heavy atom. The third kappa shape index (κ3) is 8.50. The summed E-state index contributed by atoms with van der Waals surface area (Å²) in [6, 6.07) is 17.7. The number of nitrogens with two attached hydrogens (primary N) is 2. The van der Waals surface area contributed by atoms with Gasteiger partial charge in [0.1, 0.15) is 0 Å². The smallest absolute Gasteiger partial charge is 0.356 e. The zero-order chi connectivity index (χ0) is 20.2. The van der Waals surface area contributed by atoms with Gasteiger partial charge in [0.25, 0.3) is 0 Å². The van der Waals surface area contributed by atoms with E-state index in [0.29, 0.717) is 5.02 Å². The molecule has 0 aliphatic carbocycles. The lowest BCUT2D eigenvalue weighted by molar-refractivity contribution is -0.464. The molecule has 8 nitrogen and oxygen atoms in total. The lowest BCUT2D eigenvalue weighted by atomic mass is 9.97. The summed E-state index contributed by atoms with van der Waals surface area (Å²) in [6.45, 7) is 2.03. The summed E-state index contributed by atoms with van der Waals surface area (Å²) >= 11 is 5.95. The Morgan fingerprint density at radius 3 is 2.19 bits per heavy atom. The zero-order valence-electron chi connectivity index (χ0n) is 14.6. The lowest BCUT2D eigenvalue weighted by Gasteiger charge is -2.09. The van der Waals surface area contributed by atoms with E-state index >= 15 is 0 Å². The predicted octanol–water partition coefficient (Wildman–Crippen LogP) is 1.76. The van der Waals surface area contributed by atoms with Crippen molar-refractivity contribution in [2.24, 2.45) is 16.6 Å². The zero-order valence-corrected chi connectivity index (χ0v) is 15.4. The molecule has 0 atom stereocenters. The van der Waals surface area contributed by atoms with Crippen molar-refractivity contribution < 1.29 is 10.2 Å². The second-order valence-corrected chi connectivity index (χ2v) is 5.61. The number of rotatable bonds is 5. The van der Waals surface area contributed by atoms with Crippen LogP contribution in [-0.2, 0) is 0 Å². The first-order valence-electron chi connectivity index (χ1n) is 7.88. The summed E-state index contributed by atoms with van der Waals surface area (Å²) in [6.07, 6.45) is 2.80. The van der Waals surface area contributed by atoms with E-state index in [-0.39, 0.29) is 5.96 Å². The van der Waals surface area contributed by atoms with Gasteiger partial charge in [-0.2, -0.15) is 5.10 Å². The predicted molar refractivity (Wildman–Crippen MR) is 108 cm³/mol. The molecule has 0 unspecified atom stereocenters. The fraction of sp³-hybridized carbons (Fsp3) is 0.111. The highest BCUT2D eigenvalue weighted by Crippen LogP contribution is 2.22. The van der Waals surface area contributed by atoms with E-state index in [0.717, 1.165) is 28.8 Å². The van der Waals surface area contributed by atoms with Crippen LogP contribution in [0.5, 0.6) is 0 Å². The molecule has 2 aromatic rings. The van der Waals surface area contributed by atoms with E-state index in [9.17, 15) is 0 Å². The summed E-state index contributed by atoms with van der Waals surface area (Å²) in [4.78, 5) is 8.25. The summed E-state index contributed by atoms with van der Waals surface area (Å²) in [5.41, 5.74) is 14.9.